The summed E-state index contributed by atoms with van der Waals surface area (Å²) in [5, 5.41) is 0. The zero-order valence-electron chi connectivity index (χ0n) is 10.7. The third-order valence-corrected chi connectivity index (χ3v) is 3.67. The maximum absolute atomic E-state index is 12.6. The molecule has 0 aliphatic carbocycles. The lowest BCUT2D eigenvalue weighted by Gasteiger charge is -2.20. The molecule has 0 atom stereocenters. The van der Waals surface area contributed by atoms with Crippen molar-refractivity contribution in [3.63, 3.8) is 0 Å². The Labute approximate surface area is 110 Å². The summed E-state index contributed by atoms with van der Waals surface area (Å²) in [5.74, 6) is 0.0164. The van der Waals surface area contributed by atoms with E-state index in [4.69, 9.17) is 0 Å². The average Bonchev–Trinajstić information content (AvgIpc) is 2.63. The fraction of sp³-hybridized carbons (Fsp3) is 0.429. The molecule has 1 fully saturated rings. The van der Waals surface area contributed by atoms with Crippen molar-refractivity contribution in [3.05, 3.63) is 34.2 Å². The van der Waals surface area contributed by atoms with Gasteiger partial charge in [0.1, 0.15) is 0 Å². The number of nitrogens with zero attached hydrogens (tertiary/aromatic N) is 1. The van der Waals surface area contributed by atoms with Crippen LogP contribution in [-0.4, -0.2) is 33.9 Å². The first-order valence-corrected chi connectivity index (χ1v) is 6.76. The molecule has 5 nitrogen and oxygen atoms in total. The van der Waals surface area contributed by atoms with Crippen LogP contribution >= 0.6 is 0 Å². The fourth-order valence-corrected chi connectivity index (χ4v) is 2.68. The number of nitrogens with one attached hydrogen (secondary N) is 2. The molecule has 1 aromatic heterocycles. The number of imidazole rings is 1. The Morgan fingerprint density at radius 2 is 1.79 bits per heavy atom. The molecule has 2 aromatic rings. The van der Waals surface area contributed by atoms with E-state index in [9.17, 15) is 9.59 Å². The van der Waals surface area contributed by atoms with Gasteiger partial charge in [-0.25, -0.2) is 4.79 Å². The molecule has 5 heteroatoms. The van der Waals surface area contributed by atoms with Gasteiger partial charge in [0.05, 0.1) is 16.6 Å². The Morgan fingerprint density at radius 1 is 1.05 bits per heavy atom. The number of fused-ring (bicyclic) bond motifs is 1. The van der Waals surface area contributed by atoms with Crippen LogP contribution in [-0.2, 0) is 0 Å². The highest BCUT2D eigenvalue weighted by molar-refractivity contribution is 6.04. The zero-order valence-corrected chi connectivity index (χ0v) is 10.7. The quantitative estimate of drug-likeness (QED) is 0.821. The SMILES string of the molecule is O=C(c1cccc2[nH]c(=O)[nH]c12)N1CCCCCC1. The van der Waals surface area contributed by atoms with Crippen LogP contribution in [0.4, 0.5) is 0 Å². The topological polar surface area (TPSA) is 69.0 Å². The van der Waals surface area contributed by atoms with Crippen LogP contribution in [0.1, 0.15) is 36.0 Å². The summed E-state index contributed by atoms with van der Waals surface area (Å²) >= 11 is 0. The highest BCUT2D eigenvalue weighted by Gasteiger charge is 2.19. The lowest BCUT2D eigenvalue weighted by Crippen LogP contribution is -2.32. The Kier molecular flexibility index (Phi) is 3.11. The molecular weight excluding hydrogens is 242 g/mol. The van der Waals surface area contributed by atoms with Gasteiger partial charge in [-0.05, 0) is 25.0 Å². The average molecular weight is 259 g/mol. The number of H-pyrrole nitrogens is 2. The van der Waals surface area contributed by atoms with Crippen molar-refractivity contribution in [2.45, 2.75) is 25.7 Å². The minimum atomic E-state index is -0.272. The van der Waals surface area contributed by atoms with Crippen molar-refractivity contribution in [2.75, 3.05) is 13.1 Å². The van der Waals surface area contributed by atoms with Gasteiger partial charge in [-0.1, -0.05) is 18.9 Å². The van der Waals surface area contributed by atoms with E-state index in [-0.39, 0.29) is 11.6 Å². The van der Waals surface area contributed by atoms with E-state index in [1.165, 1.54) is 12.8 Å². The fourth-order valence-electron chi connectivity index (χ4n) is 2.68. The highest BCUT2D eigenvalue weighted by Crippen LogP contribution is 2.18. The molecule has 100 valence electrons. The van der Waals surface area contributed by atoms with Gasteiger partial charge in [-0.3, -0.25) is 4.79 Å². The van der Waals surface area contributed by atoms with Gasteiger partial charge in [0.15, 0.2) is 0 Å². The predicted molar refractivity (Wildman–Crippen MR) is 73.3 cm³/mol. The summed E-state index contributed by atoms with van der Waals surface area (Å²) < 4.78 is 0. The third-order valence-electron chi connectivity index (χ3n) is 3.67. The van der Waals surface area contributed by atoms with E-state index in [0.29, 0.717) is 16.6 Å². The summed E-state index contributed by atoms with van der Waals surface area (Å²) in [5.41, 5.74) is 1.61. The Hall–Kier alpha value is -2.04. The summed E-state index contributed by atoms with van der Waals surface area (Å²) in [6.07, 6.45) is 4.50. The number of carbonyl (C=O) groups excluding carboxylic acids is 1. The van der Waals surface area contributed by atoms with E-state index in [0.717, 1.165) is 25.9 Å². The van der Waals surface area contributed by atoms with Gasteiger partial charge in [-0.15, -0.1) is 0 Å². The molecule has 0 saturated carbocycles. The molecule has 2 N–H and O–H groups in total. The number of para-hydroxylation sites is 1. The van der Waals surface area contributed by atoms with E-state index >= 15 is 0 Å². The molecule has 1 aromatic carbocycles. The summed E-state index contributed by atoms with van der Waals surface area (Å²) in [6.45, 7) is 1.62. The van der Waals surface area contributed by atoms with Crippen molar-refractivity contribution in [3.8, 4) is 0 Å². The molecule has 3 rings (SSSR count). The number of aromatic nitrogens is 2. The number of amides is 1. The van der Waals surface area contributed by atoms with Gasteiger partial charge in [0, 0.05) is 13.1 Å². The van der Waals surface area contributed by atoms with Crippen molar-refractivity contribution < 1.29 is 4.79 Å². The normalized spacial score (nSPS) is 16.5. The molecule has 0 unspecified atom stereocenters. The number of aromatic amines is 2. The number of likely N-dealkylation sites (tertiary alicyclic amines) is 1. The van der Waals surface area contributed by atoms with Crippen molar-refractivity contribution in [1.82, 2.24) is 14.9 Å². The molecule has 0 bridgehead atoms. The van der Waals surface area contributed by atoms with E-state index in [1.54, 1.807) is 18.2 Å². The number of hydrogen-bond acceptors (Lipinski definition) is 2. The van der Waals surface area contributed by atoms with E-state index in [1.807, 2.05) is 4.90 Å². The van der Waals surface area contributed by atoms with E-state index in [2.05, 4.69) is 9.97 Å². The number of carbonyl (C=O) groups is 1. The van der Waals surface area contributed by atoms with Gasteiger partial charge < -0.3 is 14.9 Å². The standard InChI is InChI=1S/C14H17N3O2/c18-13(17-8-3-1-2-4-9-17)10-6-5-7-11-12(10)16-14(19)15-11/h5-7H,1-4,8-9H2,(H2,15,16,19). The maximum Gasteiger partial charge on any atom is 0.323 e. The second kappa shape index (κ2) is 4.91. The summed E-state index contributed by atoms with van der Waals surface area (Å²) in [7, 11) is 0. The Balaban J connectivity index is 1.98. The van der Waals surface area contributed by atoms with Crippen LogP contribution in [0.5, 0.6) is 0 Å². The minimum absolute atomic E-state index is 0.0164. The maximum atomic E-state index is 12.6. The van der Waals surface area contributed by atoms with Crippen LogP contribution in [0.15, 0.2) is 23.0 Å². The zero-order chi connectivity index (χ0) is 13.2. The van der Waals surface area contributed by atoms with Crippen molar-refractivity contribution >= 4 is 16.9 Å². The lowest BCUT2D eigenvalue weighted by atomic mass is 10.1. The minimum Gasteiger partial charge on any atom is -0.339 e. The van der Waals surface area contributed by atoms with Gasteiger partial charge in [0.2, 0.25) is 0 Å². The van der Waals surface area contributed by atoms with Crippen molar-refractivity contribution in [1.29, 1.82) is 0 Å². The third kappa shape index (κ3) is 2.28. The molecule has 1 aliphatic heterocycles. The molecule has 1 saturated heterocycles. The van der Waals surface area contributed by atoms with Crippen LogP contribution in [0.25, 0.3) is 11.0 Å². The second-order valence-corrected chi connectivity index (χ2v) is 5.01. The van der Waals surface area contributed by atoms with Gasteiger partial charge in [0.25, 0.3) is 5.91 Å². The Bertz CT molecular complexity index is 648. The van der Waals surface area contributed by atoms with Crippen LogP contribution in [0.2, 0.25) is 0 Å². The number of benzene rings is 1. The highest BCUT2D eigenvalue weighted by atomic mass is 16.2. The molecule has 19 heavy (non-hydrogen) atoms. The number of hydrogen-bond donors (Lipinski definition) is 2. The van der Waals surface area contributed by atoms with E-state index < -0.39 is 0 Å². The van der Waals surface area contributed by atoms with Gasteiger partial charge in [-0.2, -0.15) is 0 Å². The summed E-state index contributed by atoms with van der Waals surface area (Å²) in [6, 6.07) is 5.38. The van der Waals surface area contributed by atoms with Gasteiger partial charge >= 0.3 is 5.69 Å². The number of rotatable bonds is 1. The molecular formula is C14H17N3O2. The largest absolute Gasteiger partial charge is 0.339 e. The van der Waals surface area contributed by atoms with Crippen LogP contribution in [0.3, 0.4) is 0 Å². The van der Waals surface area contributed by atoms with Crippen LogP contribution in [0, 0.1) is 0 Å². The monoisotopic (exact) mass is 259 g/mol. The van der Waals surface area contributed by atoms with Crippen LogP contribution < -0.4 is 5.69 Å². The first kappa shape index (κ1) is 12.0. The first-order valence-electron chi connectivity index (χ1n) is 6.76. The molecule has 0 radical (unpaired) electrons. The second-order valence-electron chi connectivity index (χ2n) is 5.01. The summed E-state index contributed by atoms with van der Waals surface area (Å²) in [4.78, 5) is 31.2. The molecule has 2 heterocycles. The predicted octanol–water partition coefficient (Wildman–Crippen LogP) is 1.87. The lowest BCUT2D eigenvalue weighted by molar-refractivity contribution is 0.0763. The van der Waals surface area contributed by atoms with Crippen molar-refractivity contribution in [2.24, 2.45) is 0 Å². The molecule has 0 spiro atoms. The first-order chi connectivity index (χ1) is 9.25. The smallest absolute Gasteiger partial charge is 0.323 e. The Morgan fingerprint density at radius 3 is 2.53 bits per heavy atom. The molecule has 1 amide bonds. The molecule has 1 aliphatic rings.